The molecule has 0 aliphatic rings. The molecule has 34 heavy (non-hydrogen) atoms. The molecule has 0 saturated heterocycles. The van der Waals surface area contributed by atoms with Gasteiger partial charge in [-0.1, -0.05) is 66.7 Å². The van der Waals surface area contributed by atoms with E-state index in [1.807, 2.05) is 0 Å². The summed E-state index contributed by atoms with van der Waals surface area (Å²) in [5.41, 5.74) is 0.514. The Bertz CT molecular complexity index is 1510. The van der Waals surface area contributed by atoms with Crippen LogP contribution in [0, 0.1) is 0 Å². The highest BCUT2D eigenvalue weighted by molar-refractivity contribution is 8.06. The van der Waals surface area contributed by atoms with Crippen molar-refractivity contribution in [1.29, 1.82) is 0 Å². The zero-order chi connectivity index (χ0) is 24.2. The van der Waals surface area contributed by atoms with Gasteiger partial charge in [0.1, 0.15) is 5.75 Å². The van der Waals surface area contributed by atoms with Crippen molar-refractivity contribution in [2.75, 3.05) is 7.11 Å². The molecule has 5 nitrogen and oxygen atoms in total. The number of hydrogen-bond donors (Lipinski definition) is 0. The molecule has 0 fully saturated rings. The largest absolute Gasteiger partial charge is 0.497 e. The Labute approximate surface area is 199 Å². The van der Waals surface area contributed by atoms with Crippen LogP contribution in [0.5, 0.6) is 5.75 Å². The summed E-state index contributed by atoms with van der Waals surface area (Å²) < 4.78 is 61.3. The maximum absolute atomic E-state index is 14.0. The minimum atomic E-state index is -4.25. The molecule has 4 aromatic carbocycles. The molecular weight excluding hydrogens is 468 g/mol. The summed E-state index contributed by atoms with van der Waals surface area (Å²) in [7, 11) is -6.99. The van der Waals surface area contributed by atoms with Crippen LogP contribution in [0.4, 0.5) is 0 Å². The van der Waals surface area contributed by atoms with Gasteiger partial charge in [-0.3, -0.25) is 0 Å². The van der Waals surface area contributed by atoms with Gasteiger partial charge in [0.05, 0.1) is 26.7 Å². The van der Waals surface area contributed by atoms with E-state index in [4.69, 9.17) is 4.74 Å². The lowest BCUT2D eigenvalue weighted by atomic mass is 10.1. The third-order valence-electron chi connectivity index (χ3n) is 5.24. The highest BCUT2D eigenvalue weighted by atomic mass is 32.2. The summed E-state index contributed by atoms with van der Waals surface area (Å²) in [4.78, 5) is -0.578. The van der Waals surface area contributed by atoms with Crippen molar-refractivity contribution in [1.82, 2.24) is 0 Å². The number of hydrogen-bond acceptors (Lipinski definition) is 5. The number of sulfone groups is 2. The normalized spacial score (nSPS) is 12.6. The van der Waals surface area contributed by atoms with Crippen LogP contribution in [0.2, 0.25) is 0 Å². The molecule has 172 valence electrons. The molecule has 0 aromatic heterocycles. The topological polar surface area (TPSA) is 77.5 Å². The number of benzene rings is 4. The number of rotatable bonds is 7. The molecule has 0 spiro atoms. The van der Waals surface area contributed by atoms with Gasteiger partial charge in [-0.05, 0) is 59.7 Å². The van der Waals surface area contributed by atoms with E-state index in [0.29, 0.717) is 5.75 Å². The fraction of sp³-hybridized carbons (Fsp3) is 0.0370. The van der Waals surface area contributed by atoms with Gasteiger partial charge in [0.25, 0.3) is 0 Å². The molecule has 0 unspecified atom stereocenters. The highest BCUT2D eigenvalue weighted by Gasteiger charge is 2.34. The first kappa shape index (κ1) is 23.5. The Hall–Kier alpha value is -3.68. The van der Waals surface area contributed by atoms with Gasteiger partial charge in [0.2, 0.25) is 19.7 Å². The van der Waals surface area contributed by atoms with E-state index in [2.05, 4.69) is 0 Å². The molecule has 7 heteroatoms. The molecule has 0 aliphatic carbocycles. The van der Waals surface area contributed by atoms with Gasteiger partial charge in [0, 0.05) is 0 Å². The average Bonchev–Trinajstić information content (AvgIpc) is 2.88. The summed E-state index contributed by atoms with van der Waals surface area (Å²) in [5.74, 6) is 0.521. The lowest BCUT2D eigenvalue weighted by Crippen LogP contribution is -2.13. The molecule has 0 heterocycles. The molecule has 0 amide bonds. The van der Waals surface area contributed by atoms with Crippen molar-refractivity contribution in [3.8, 4) is 5.75 Å². The van der Waals surface area contributed by atoms with Crippen molar-refractivity contribution in [2.24, 2.45) is 0 Å². The standard InChI is InChI=1S/C27H22O5S2/c1-32-23-19-17-22(18-20-23)27(34(30,31)25-15-9-4-10-16-25)26(21-11-5-2-6-12-21)33(28,29)24-13-7-3-8-14-24/h2-20H,1H3/b27-26+. The minimum Gasteiger partial charge on any atom is -0.497 e. The Morgan fingerprint density at radius 2 is 0.853 bits per heavy atom. The third-order valence-corrected chi connectivity index (χ3v) is 9.11. The Morgan fingerprint density at radius 3 is 1.24 bits per heavy atom. The molecule has 4 rings (SSSR count). The first-order chi connectivity index (χ1) is 16.4. The van der Waals surface area contributed by atoms with Gasteiger partial charge >= 0.3 is 0 Å². The maximum Gasteiger partial charge on any atom is 0.208 e. The fourth-order valence-corrected chi connectivity index (χ4v) is 7.36. The number of ether oxygens (including phenoxy) is 1. The molecule has 0 saturated carbocycles. The SMILES string of the molecule is COc1ccc(/C(=C(/c2ccccc2)S(=O)(=O)c2ccccc2)S(=O)(=O)c2ccccc2)cc1. The van der Waals surface area contributed by atoms with Crippen molar-refractivity contribution < 1.29 is 21.6 Å². The smallest absolute Gasteiger partial charge is 0.208 e. The molecule has 0 aliphatic heterocycles. The van der Waals surface area contributed by atoms with Crippen LogP contribution in [0.25, 0.3) is 9.81 Å². The van der Waals surface area contributed by atoms with Crippen LogP contribution >= 0.6 is 0 Å². The van der Waals surface area contributed by atoms with Gasteiger partial charge in [-0.25, -0.2) is 16.8 Å². The van der Waals surface area contributed by atoms with Gasteiger partial charge < -0.3 is 4.74 Å². The predicted molar refractivity (Wildman–Crippen MR) is 134 cm³/mol. The van der Waals surface area contributed by atoms with E-state index in [1.54, 1.807) is 91.0 Å². The van der Waals surface area contributed by atoms with Crippen LogP contribution in [-0.2, 0) is 19.7 Å². The molecule has 0 radical (unpaired) electrons. The summed E-state index contributed by atoms with van der Waals surface area (Å²) in [6.45, 7) is 0. The monoisotopic (exact) mass is 490 g/mol. The fourth-order valence-electron chi connectivity index (χ4n) is 3.58. The lowest BCUT2D eigenvalue weighted by Gasteiger charge is -2.18. The zero-order valence-corrected chi connectivity index (χ0v) is 20.0. The molecule has 4 aromatic rings. The zero-order valence-electron chi connectivity index (χ0n) is 18.3. The van der Waals surface area contributed by atoms with Gasteiger partial charge in [-0.15, -0.1) is 0 Å². The van der Waals surface area contributed by atoms with Gasteiger partial charge in [-0.2, -0.15) is 0 Å². The van der Waals surface area contributed by atoms with Crippen LogP contribution in [0.15, 0.2) is 125 Å². The summed E-state index contributed by atoms with van der Waals surface area (Å²) in [6.07, 6.45) is 0. The molecule has 0 atom stereocenters. The lowest BCUT2D eigenvalue weighted by molar-refractivity contribution is 0.415. The Kier molecular flexibility index (Phi) is 6.68. The van der Waals surface area contributed by atoms with Crippen molar-refractivity contribution in [3.63, 3.8) is 0 Å². The second kappa shape index (κ2) is 9.67. The quantitative estimate of drug-likeness (QED) is 0.321. The third kappa shape index (κ3) is 4.53. The minimum absolute atomic E-state index is 0.00230. The van der Waals surface area contributed by atoms with E-state index in [1.165, 1.54) is 31.4 Å². The van der Waals surface area contributed by atoms with E-state index in [9.17, 15) is 16.8 Å². The molecular formula is C27H22O5S2. The first-order valence-corrected chi connectivity index (χ1v) is 13.4. The van der Waals surface area contributed by atoms with E-state index in [-0.39, 0.29) is 30.7 Å². The maximum atomic E-state index is 14.0. The number of methoxy groups -OCH3 is 1. The highest BCUT2D eigenvalue weighted by Crippen LogP contribution is 2.40. The summed E-state index contributed by atoms with van der Waals surface area (Å²) in [6, 6.07) is 30.3. The van der Waals surface area contributed by atoms with Crippen molar-refractivity contribution in [2.45, 2.75) is 9.79 Å². The van der Waals surface area contributed by atoms with Crippen molar-refractivity contribution >= 4 is 29.5 Å². The predicted octanol–water partition coefficient (Wildman–Crippen LogP) is 5.47. The van der Waals surface area contributed by atoms with E-state index in [0.717, 1.165) is 0 Å². The van der Waals surface area contributed by atoms with E-state index < -0.39 is 19.7 Å². The van der Waals surface area contributed by atoms with Gasteiger partial charge in [0.15, 0.2) is 0 Å². The summed E-state index contributed by atoms with van der Waals surface area (Å²) >= 11 is 0. The van der Waals surface area contributed by atoms with Crippen LogP contribution in [-0.4, -0.2) is 23.9 Å². The van der Waals surface area contributed by atoms with E-state index >= 15 is 0 Å². The van der Waals surface area contributed by atoms with Crippen LogP contribution in [0.3, 0.4) is 0 Å². The average molecular weight is 491 g/mol. The summed E-state index contributed by atoms with van der Waals surface area (Å²) in [5, 5.41) is 0. The molecule has 0 N–H and O–H groups in total. The first-order valence-electron chi connectivity index (χ1n) is 10.4. The second-order valence-corrected chi connectivity index (χ2v) is 11.2. The van der Waals surface area contributed by atoms with Crippen LogP contribution in [0.1, 0.15) is 11.1 Å². The Balaban J connectivity index is 2.17. The Morgan fingerprint density at radius 1 is 0.500 bits per heavy atom. The van der Waals surface area contributed by atoms with Crippen LogP contribution < -0.4 is 4.74 Å². The molecule has 0 bridgehead atoms. The second-order valence-electron chi connectivity index (χ2n) is 7.39. The van der Waals surface area contributed by atoms with Crippen molar-refractivity contribution in [3.05, 3.63) is 126 Å².